The number of nitriles is 1. The van der Waals surface area contributed by atoms with Crippen molar-refractivity contribution in [3.05, 3.63) is 0 Å². The van der Waals surface area contributed by atoms with Gasteiger partial charge in [-0.2, -0.15) is 5.26 Å². The van der Waals surface area contributed by atoms with E-state index in [-0.39, 0.29) is 28.5 Å². The summed E-state index contributed by atoms with van der Waals surface area (Å²) in [6, 6.07) is 2.56. The van der Waals surface area contributed by atoms with Crippen LogP contribution in [-0.2, 0) is 0 Å². The quantitative estimate of drug-likeness (QED) is 0.715. The highest BCUT2D eigenvalue weighted by molar-refractivity contribution is 5.19. The molecular weight excluding hydrogens is 298 g/mol. The second-order valence-electron chi connectivity index (χ2n) is 10.5. The summed E-state index contributed by atoms with van der Waals surface area (Å²) in [5.74, 6) is 2.78. The van der Waals surface area contributed by atoms with Gasteiger partial charge in [0.25, 0.3) is 0 Å². The van der Waals surface area contributed by atoms with E-state index in [2.05, 4.69) is 19.9 Å². The first-order valence-corrected chi connectivity index (χ1v) is 10.1. The summed E-state index contributed by atoms with van der Waals surface area (Å²) in [4.78, 5) is 0. The van der Waals surface area contributed by atoms with Crippen LogP contribution in [0.5, 0.6) is 0 Å². The van der Waals surface area contributed by atoms with Crippen molar-refractivity contribution >= 4 is 0 Å². The van der Waals surface area contributed by atoms with Crippen LogP contribution in [0.4, 0.5) is 0 Å². The van der Waals surface area contributed by atoms with Crippen LogP contribution < -0.4 is 0 Å². The molecule has 0 heterocycles. The van der Waals surface area contributed by atoms with Gasteiger partial charge < -0.3 is 10.2 Å². The van der Waals surface area contributed by atoms with Gasteiger partial charge in [-0.15, -0.1) is 0 Å². The minimum absolute atomic E-state index is 0.0213. The molecule has 5 saturated carbocycles. The maximum Gasteiger partial charge on any atom is 0.0683 e. The molecule has 24 heavy (non-hydrogen) atoms. The van der Waals surface area contributed by atoms with Crippen molar-refractivity contribution in [2.45, 2.75) is 76.9 Å². The molecule has 2 N–H and O–H groups in total. The van der Waals surface area contributed by atoms with E-state index in [1.54, 1.807) is 0 Å². The molecule has 0 aromatic heterocycles. The topological polar surface area (TPSA) is 64.2 Å². The van der Waals surface area contributed by atoms with Crippen molar-refractivity contribution in [1.82, 2.24) is 0 Å². The van der Waals surface area contributed by atoms with E-state index in [0.29, 0.717) is 29.6 Å². The molecular formula is C21H31NO2. The molecule has 0 aromatic rings. The van der Waals surface area contributed by atoms with Crippen LogP contribution in [0.25, 0.3) is 0 Å². The summed E-state index contributed by atoms with van der Waals surface area (Å²) in [7, 11) is 0. The molecule has 5 aliphatic carbocycles. The predicted octanol–water partition coefficient (Wildman–Crippen LogP) is 3.50. The molecule has 0 radical (unpaired) electrons. The zero-order valence-electron chi connectivity index (χ0n) is 15.0. The van der Waals surface area contributed by atoms with Crippen molar-refractivity contribution in [3.8, 4) is 6.07 Å². The Kier molecular flexibility index (Phi) is 2.98. The average Bonchev–Trinajstić information content (AvgIpc) is 3.02. The number of rotatable bonds is 0. The standard InChI is InChI=1S/C21H31NO2/c1-19-10-17(23)18-15(16(19)6-4-13(19)11-22)5-3-12-8-21(24)9-14(21)7-20(12,18)2/h12-18,23-24H,3-10H2,1-2H3/t12-,13+,14-,15-,16-,17-,18+,19+,20-,21+/m0/s1. The van der Waals surface area contributed by atoms with Crippen molar-refractivity contribution < 1.29 is 10.2 Å². The van der Waals surface area contributed by atoms with Crippen LogP contribution in [-0.4, -0.2) is 21.9 Å². The molecule has 0 aliphatic heterocycles. The summed E-state index contributed by atoms with van der Waals surface area (Å²) in [6.07, 6.45) is 8.23. The molecule has 132 valence electrons. The van der Waals surface area contributed by atoms with E-state index in [1.807, 2.05) is 0 Å². The first-order chi connectivity index (χ1) is 11.3. The van der Waals surface area contributed by atoms with Gasteiger partial charge >= 0.3 is 0 Å². The van der Waals surface area contributed by atoms with Crippen LogP contribution in [0, 0.1) is 57.7 Å². The Morgan fingerprint density at radius 1 is 0.917 bits per heavy atom. The van der Waals surface area contributed by atoms with Gasteiger partial charge in [0, 0.05) is 0 Å². The first kappa shape index (κ1) is 15.6. The van der Waals surface area contributed by atoms with Crippen molar-refractivity contribution in [3.63, 3.8) is 0 Å². The van der Waals surface area contributed by atoms with Crippen molar-refractivity contribution in [2.75, 3.05) is 0 Å². The zero-order valence-corrected chi connectivity index (χ0v) is 15.0. The van der Waals surface area contributed by atoms with E-state index in [0.717, 1.165) is 32.1 Å². The Balaban J connectivity index is 1.50. The minimum atomic E-state index is -0.357. The van der Waals surface area contributed by atoms with Gasteiger partial charge in [-0.05, 0) is 91.8 Å². The number of aliphatic hydroxyl groups excluding tert-OH is 1. The Morgan fingerprint density at radius 2 is 1.67 bits per heavy atom. The molecule has 3 nitrogen and oxygen atoms in total. The second kappa shape index (κ2) is 4.57. The third kappa shape index (κ3) is 1.75. The fourth-order valence-corrected chi connectivity index (χ4v) is 8.37. The Hall–Kier alpha value is -0.590. The van der Waals surface area contributed by atoms with Crippen LogP contribution >= 0.6 is 0 Å². The summed E-state index contributed by atoms with van der Waals surface area (Å²) < 4.78 is 0. The summed E-state index contributed by atoms with van der Waals surface area (Å²) in [5.41, 5.74) is -0.139. The van der Waals surface area contributed by atoms with Gasteiger partial charge in [0.1, 0.15) is 0 Å². The van der Waals surface area contributed by atoms with Gasteiger partial charge in [0.05, 0.1) is 23.7 Å². The zero-order chi connectivity index (χ0) is 16.9. The Bertz CT molecular complexity index is 613. The Morgan fingerprint density at radius 3 is 2.42 bits per heavy atom. The van der Waals surface area contributed by atoms with Crippen LogP contribution in [0.1, 0.15) is 65.2 Å². The van der Waals surface area contributed by atoms with Gasteiger partial charge in [-0.1, -0.05) is 13.8 Å². The van der Waals surface area contributed by atoms with Crippen LogP contribution in [0.2, 0.25) is 0 Å². The lowest BCUT2D eigenvalue weighted by atomic mass is 9.44. The molecule has 0 spiro atoms. The SMILES string of the molecule is C[C@]12C[C@H]3C[C@]3(O)C[C@@H]1CC[C@@H]1[C@@H]2[C@@H](O)C[C@]2(C)[C@@H](C#N)CC[C@@H]12. The first-order valence-electron chi connectivity index (χ1n) is 10.1. The smallest absolute Gasteiger partial charge is 0.0683 e. The van der Waals surface area contributed by atoms with Gasteiger partial charge in [-0.25, -0.2) is 0 Å². The van der Waals surface area contributed by atoms with E-state index >= 15 is 0 Å². The fraction of sp³-hybridized carbons (Fsp3) is 0.952. The van der Waals surface area contributed by atoms with E-state index in [4.69, 9.17) is 0 Å². The molecule has 0 aromatic carbocycles. The molecule has 5 aliphatic rings. The highest BCUT2D eigenvalue weighted by atomic mass is 16.3. The number of fused-ring (bicyclic) bond motifs is 6. The summed E-state index contributed by atoms with van der Waals surface area (Å²) in [6.45, 7) is 4.71. The fourth-order valence-electron chi connectivity index (χ4n) is 8.37. The summed E-state index contributed by atoms with van der Waals surface area (Å²) >= 11 is 0. The number of nitrogens with zero attached hydrogens (tertiary/aromatic N) is 1. The van der Waals surface area contributed by atoms with Crippen molar-refractivity contribution in [2.24, 2.45) is 46.3 Å². The maximum atomic E-state index is 11.2. The highest BCUT2D eigenvalue weighted by Crippen LogP contribution is 2.71. The molecule has 5 rings (SSSR count). The third-order valence-electron chi connectivity index (χ3n) is 9.64. The highest BCUT2D eigenvalue weighted by Gasteiger charge is 2.68. The van der Waals surface area contributed by atoms with Crippen LogP contribution in [0.3, 0.4) is 0 Å². The van der Waals surface area contributed by atoms with Crippen molar-refractivity contribution in [1.29, 1.82) is 5.26 Å². The lowest BCUT2D eigenvalue weighted by Gasteiger charge is -2.62. The second-order valence-corrected chi connectivity index (χ2v) is 10.5. The molecule has 0 bridgehead atoms. The lowest BCUT2D eigenvalue weighted by molar-refractivity contribution is -0.176. The molecule has 0 amide bonds. The minimum Gasteiger partial charge on any atom is -0.393 e. The van der Waals surface area contributed by atoms with E-state index < -0.39 is 0 Å². The van der Waals surface area contributed by atoms with Gasteiger partial charge in [-0.3, -0.25) is 0 Å². The number of hydrogen-bond acceptors (Lipinski definition) is 3. The largest absolute Gasteiger partial charge is 0.393 e. The number of hydrogen-bond donors (Lipinski definition) is 2. The third-order valence-corrected chi connectivity index (χ3v) is 9.64. The predicted molar refractivity (Wildman–Crippen MR) is 90.7 cm³/mol. The average molecular weight is 329 g/mol. The van der Waals surface area contributed by atoms with Gasteiger partial charge in [0.2, 0.25) is 0 Å². The molecule has 3 heteroatoms. The van der Waals surface area contributed by atoms with Gasteiger partial charge in [0.15, 0.2) is 0 Å². The summed E-state index contributed by atoms with van der Waals surface area (Å²) in [5, 5.41) is 31.4. The molecule has 0 saturated heterocycles. The molecule has 5 fully saturated rings. The number of aliphatic hydroxyl groups is 2. The van der Waals surface area contributed by atoms with Crippen LogP contribution in [0.15, 0.2) is 0 Å². The van der Waals surface area contributed by atoms with E-state index in [1.165, 1.54) is 19.3 Å². The van der Waals surface area contributed by atoms with E-state index in [9.17, 15) is 15.5 Å². The molecule has 0 unspecified atom stereocenters. The lowest BCUT2D eigenvalue weighted by Crippen LogP contribution is -2.59. The normalized spacial score (nSPS) is 64.2. The Labute approximate surface area is 145 Å². The molecule has 10 atom stereocenters. The monoisotopic (exact) mass is 329 g/mol. The maximum absolute atomic E-state index is 11.2.